The number of rotatable bonds is 5. The molecule has 3 unspecified atom stereocenters. The van der Waals surface area contributed by atoms with Crippen LogP contribution in [-0.4, -0.2) is 22.4 Å². The summed E-state index contributed by atoms with van der Waals surface area (Å²) < 4.78 is 0. The van der Waals surface area contributed by atoms with Gasteiger partial charge in [0.2, 0.25) is 0 Å². The van der Waals surface area contributed by atoms with Crippen molar-refractivity contribution in [3.63, 3.8) is 0 Å². The highest BCUT2D eigenvalue weighted by molar-refractivity contribution is 5.29. The Kier molecular flexibility index (Phi) is 5.62. The smallest absolute Gasteiger partial charge is 0.0546 e. The van der Waals surface area contributed by atoms with Crippen molar-refractivity contribution in [2.45, 2.75) is 71.0 Å². The second-order valence-electron chi connectivity index (χ2n) is 6.53. The van der Waals surface area contributed by atoms with Crippen molar-refractivity contribution in [3.05, 3.63) is 34.9 Å². The lowest BCUT2D eigenvalue weighted by atomic mass is 9.83. The average molecular weight is 276 g/mol. The molecule has 1 aliphatic carbocycles. The Morgan fingerprint density at radius 2 is 2.00 bits per heavy atom. The van der Waals surface area contributed by atoms with Gasteiger partial charge in [-0.05, 0) is 68.6 Å². The second kappa shape index (κ2) is 7.24. The fraction of sp³-hybridized carbons (Fsp3) is 0.667. The lowest BCUT2D eigenvalue weighted by Crippen LogP contribution is -2.23. The molecular weight excluding hydrogens is 248 g/mol. The van der Waals surface area contributed by atoms with E-state index in [1.165, 1.54) is 16.7 Å². The maximum absolute atomic E-state index is 10.2. The molecule has 0 amide bonds. The Labute approximate surface area is 122 Å². The van der Waals surface area contributed by atoms with Gasteiger partial charge in [-0.15, -0.1) is 0 Å². The molecule has 0 bridgehead atoms. The Bertz CT molecular complexity index is 427. The van der Waals surface area contributed by atoms with Gasteiger partial charge in [-0.1, -0.05) is 31.0 Å². The van der Waals surface area contributed by atoms with Crippen LogP contribution in [0.5, 0.6) is 0 Å². The summed E-state index contributed by atoms with van der Waals surface area (Å²) in [4.78, 5) is 0. The van der Waals surface area contributed by atoms with Gasteiger partial charge >= 0.3 is 0 Å². The van der Waals surface area contributed by atoms with Gasteiger partial charge in [0.25, 0.3) is 0 Å². The molecule has 1 aromatic rings. The van der Waals surface area contributed by atoms with Gasteiger partial charge < -0.3 is 10.2 Å². The number of hydrogen-bond donors (Lipinski definition) is 2. The van der Waals surface area contributed by atoms with Crippen LogP contribution < -0.4 is 0 Å². The number of aliphatic hydroxyl groups is 2. The fourth-order valence-electron chi connectivity index (χ4n) is 3.27. The molecule has 3 atom stereocenters. The third-order valence-corrected chi connectivity index (χ3v) is 4.70. The molecule has 0 aliphatic heterocycles. The normalized spacial score (nSPS) is 24.6. The van der Waals surface area contributed by atoms with Gasteiger partial charge in [-0.25, -0.2) is 0 Å². The first-order chi connectivity index (χ1) is 9.54. The summed E-state index contributed by atoms with van der Waals surface area (Å²) in [7, 11) is 0. The summed E-state index contributed by atoms with van der Waals surface area (Å²) in [6, 6.07) is 6.56. The highest BCUT2D eigenvalue weighted by Crippen LogP contribution is 2.28. The summed E-state index contributed by atoms with van der Waals surface area (Å²) in [5.41, 5.74) is 3.97. The Morgan fingerprint density at radius 1 is 1.20 bits per heavy atom. The number of hydrogen-bond acceptors (Lipinski definition) is 2. The number of aliphatic hydroxyl groups excluding tert-OH is 2. The topological polar surface area (TPSA) is 40.5 Å². The second-order valence-corrected chi connectivity index (χ2v) is 6.53. The minimum absolute atomic E-state index is 0.138. The molecule has 0 spiro atoms. The molecular formula is C18H28O2. The van der Waals surface area contributed by atoms with Crippen LogP contribution in [0.3, 0.4) is 0 Å². The molecule has 0 heterocycles. The summed E-state index contributed by atoms with van der Waals surface area (Å²) in [6.45, 7) is 4.26. The average Bonchev–Trinajstić information content (AvgIpc) is 2.40. The van der Waals surface area contributed by atoms with Gasteiger partial charge in [0.1, 0.15) is 0 Å². The van der Waals surface area contributed by atoms with E-state index >= 15 is 0 Å². The highest BCUT2D eigenvalue weighted by atomic mass is 16.3. The van der Waals surface area contributed by atoms with E-state index in [-0.39, 0.29) is 12.2 Å². The Hall–Kier alpha value is -0.860. The van der Waals surface area contributed by atoms with E-state index < -0.39 is 0 Å². The minimum Gasteiger partial charge on any atom is -0.393 e. The van der Waals surface area contributed by atoms with Crippen LogP contribution >= 0.6 is 0 Å². The minimum atomic E-state index is -0.230. The molecule has 2 heteroatoms. The number of benzene rings is 1. The summed E-state index contributed by atoms with van der Waals surface area (Å²) in [5, 5.41) is 19.9. The van der Waals surface area contributed by atoms with E-state index in [1.54, 1.807) is 0 Å². The van der Waals surface area contributed by atoms with Crippen LogP contribution in [0, 0.1) is 19.8 Å². The molecule has 0 radical (unpaired) electrons. The van der Waals surface area contributed by atoms with Gasteiger partial charge in [-0.2, -0.15) is 0 Å². The SMILES string of the molecule is Cc1ccc(CCC(O)CC2CCCC(O)C2)cc1C. The Morgan fingerprint density at radius 3 is 2.70 bits per heavy atom. The fourth-order valence-corrected chi connectivity index (χ4v) is 3.27. The summed E-state index contributed by atoms with van der Waals surface area (Å²) in [6.07, 6.45) is 6.34. The zero-order valence-electron chi connectivity index (χ0n) is 12.8. The monoisotopic (exact) mass is 276 g/mol. The quantitative estimate of drug-likeness (QED) is 0.863. The standard InChI is InChI=1S/C18H28O2/c1-13-6-7-15(10-14(13)2)8-9-18(20)12-16-4-3-5-17(19)11-16/h6-7,10,16-20H,3-5,8-9,11-12H2,1-2H3. The van der Waals surface area contributed by atoms with Crippen molar-refractivity contribution in [2.24, 2.45) is 5.92 Å². The molecule has 1 aliphatic rings. The van der Waals surface area contributed by atoms with Gasteiger partial charge in [-0.3, -0.25) is 0 Å². The van der Waals surface area contributed by atoms with E-state index in [9.17, 15) is 10.2 Å². The zero-order valence-corrected chi connectivity index (χ0v) is 12.8. The maximum Gasteiger partial charge on any atom is 0.0546 e. The van der Waals surface area contributed by atoms with Crippen molar-refractivity contribution in [1.82, 2.24) is 0 Å². The van der Waals surface area contributed by atoms with Crippen LogP contribution in [0.15, 0.2) is 18.2 Å². The first-order valence-corrected chi connectivity index (χ1v) is 7.97. The molecule has 2 rings (SSSR count). The summed E-state index contributed by atoms with van der Waals surface area (Å²) >= 11 is 0. The van der Waals surface area contributed by atoms with Crippen molar-refractivity contribution in [3.8, 4) is 0 Å². The lowest BCUT2D eigenvalue weighted by molar-refractivity contribution is 0.0679. The molecule has 20 heavy (non-hydrogen) atoms. The summed E-state index contributed by atoms with van der Waals surface area (Å²) in [5.74, 6) is 0.508. The third kappa shape index (κ3) is 4.60. The molecule has 112 valence electrons. The molecule has 1 saturated carbocycles. The molecule has 0 aromatic heterocycles. The van der Waals surface area contributed by atoms with Gasteiger partial charge in [0.05, 0.1) is 12.2 Å². The zero-order chi connectivity index (χ0) is 14.5. The van der Waals surface area contributed by atoms with Crippen molar-refractivity contribution < 1.29 is 10.2 Å². The van der Waals surface area contributed by atoms with Gasteiger partial charge in [0.15, 0.2) is 0 Å². The number of aryl methyl sites for hydroxylation is 3. The van der Waals surface area contributed by atoms with E-state index in [0.29, 0.717) is 5.92 Å². The van der Waals surface area contributed by atoms with Crippen molar-refractivity contribution in [1.29, 1.82) is 0 Å². The van der Waals surface area contributed by atoms with Crippen molar-refractivity contribution in [2.75, 3.05) is 0 Å². The van der Waals surface area contributed by atoms with E-state index in [4.69, 9.17) is 0 Å². The van der Waals surface area contributed by atoms with Crippen LogP contribution in [0.1, 0.15) is 55.2 Å². The van der Waals surface area contributed by atoms with Crippen LogP contribution in [0.25, 0.3) is 0 Å². The van der Waals surface area contributed by atoms with Crippen molar-refractivity contribution >= 4 is 0 Å². The highest BCUT2D eigenvalue weighted by Gasteiger charge is 2.22. The predicted molar refractivity (Wildman–Crippen MR) is 82.8 cm³/mol. The van der Waals surface area contributed by atoms with Crippen LogP contribution in [-0.2, 0) is 6.42 Å². The van der Waals surface area contributed by atoms with E-state index in [0.717, 1.165) is 44.9 Å². The maximum atomic E-state index is 10.2. The van der Waals surface area contributed by atoms with Crippen LogP contribution in [0.2, 0.25) is 0 Å². The molecule has 0 saturated heterocycles. The first kappa shape index (κ1) is 15.5. The largest absolute Gasteiger partial charge is 0.393 e. The Balaban J connectivity index is 1.76. The van der Waals surface area contributed by atoms with E-state index in [1.807, 2.05) is 0 Å². The van der Waals surface area contributed by atoms with Gasteiger partial charge in [0, 0.05) is 0 Å². The first-order valence-electron chi connectivity index (χ1n) is 7.97. The molecule has 1 aromatic carbocycles. The lowest BCUT2D eigenvalue weighted by Gasteiger charge is -2.27. The van der Waals surface area contributed by atoms with Crippen LogP contribution in [0.4, 0.5) is 0 Å². The molecule has 1 fully saturated rings. The molecule has 2 nitrogen and oxygen atoms in total. The van der Waals surface area contributed by atoms with E-state index in [2.05, 4.69) is 32.0 Å². The molecule has 2 N–H and O–H groups in total. The third-order valence-electron chi connectivity index (χ3n) is 4.70. The predicted octanol–water partition coefficient (Wildman–Crippen LogP) is 3.54.